The lowest BCUT2D eigenvalue weighted by Crippen LogP contribution is -2.56. The first-order valence-electron chi connectivity index (χ1n) is 11.4. The molecule has 216 valence electrons. The first kappa shape index (κ1) is 29.0. The largest absolute Gasteiger partial charge is 0.426 e. The first-order chi connectivity index (χ1) is 18.3. The number of nitrogen functional groups attached to an aromatic ring is 1. The number of benzene rings is 1. The summed E-state index contributed by atoms with van der Waals surface area (Å²) in [5.41, 5.74) is -1.27. The van der Waals surface area contributed by atoms with Crippen molar-refractivity contribution >= 4 is 23.1 Å². The molecule has 0 aliphatic carbocycles. The Balaban J connectivity index is 1.66. The van der Waals surface area contributed by atoms with Crippen molar-refractivity contribution in [1.29, 1.82) is 0 Å². The number of nitrogens with zero attached hydrogens (tertiary/aromatic N) is 4. The molecule has 4 rings (SSSR count). The molecular formula is C23H20F8N6O3. The van der Waals surface area contributed by atoms with Gasteiger partial charge in [0.2, 0.25) is 5.60 Å². The molecule has 0 bridgehead atoms. The van der Waals surface area contributed by atoms with Gasteiger partial charge >= 0.3 is 12.4 Å². The number of hydrogen-bond acceptors (Lipinski definition) is 6. The number of likely N-dealkylation sites (tertiary alicyclic amines) is 1. The molecule has 3 atom stereocenters. The molecule has 1 aromatic carbocycles. The summed E-state index contributed by atoms with van der Waals surface area (Å²) >= 11 is 0. The van der Waals surface area contributed by atoms with Gasteiger partial charge in [-0.25, -0.2) is 18.3 Å². The number of aliphatic hydroxyl groups is 1. The van der Waals surface area contributed by atoms with E-state index in [2.05, 4.69) is 15.4 Å². The molecule has 1 saturated heterocycles. The zero-order valence-corrected chi connectivity index (χ0v) is 20.5. The summed E-state index contributed by atoms with van der Waals surface area (Å²) in [6, 6.07) is 0.967. The Morgan fingerprint density at radius 1 is 1.12 bits per heavy atom. The van der Waals surface area contributed by atoms with E-state index in [9.17, 15) is 49.8 Å². The molecule has 2 aromatic heterocycles. The number of nitrogens with one attached hydrogen (secondary N) is 1. The van der Waals surface area contributed by atoms with E-state index < -0.39 is 83.3 Å². The van der Waals surface area contributed by atoms with Crippen LogP contribution in [0.3, 0.4) is 0 Å². The lowest BCUT2D eigenvalue weighted by molar-refractivity contribution is -0.249. The fraction of sp³-hybridized carbons (Fsp3) is 0.391. The monoisotopic (exact) mass is 580 g/mol. The lowest BCUT2D eigenvalue weighted by Gasteiger charge is -2.29. The van der Waals surface area contributed by atoms with E-state index >= 15 is 0 Å². The van der Waals surface area contributed by atoms with E-state index in [1.807, 2.05) is 0 Å². The van der Waals surface area contributed by atoms with Gasteiger partial charge in [0, 0.05) is 17.7 Å². The second-order valence-electron chi connectivity index (χ2n) is 9.35. The number of anilines is 1. The van der Waals surface area contributed by atoms with Crippen molar-refractivity contribution in [2.24, 2.45) is 0 Å². The van der Waals surface area contributed by atoms with E-state index in [0.717, 1.165) is 23.0 Å². The van der Waals surface area contributed by atoms with Gasteiger partial charge in [-0.15, -0.1) is 0 Å². The first-order valence-corrected chi connectivity index (χ1v) is 11.4. The molecule has 17 heteroatoms. The van der Waals surface area contributed by atoms with Crippen molar-refractivity contribution in [3.05, 3.63) is 47.0 Å². The van der Waals surface area contributed by atoms with Crippen molar-refractivity contribution in [1.82, 2.24) is 24.8 Å². The number of rotatable bonds is 4. The van der Waals surface area contributed by atoms with Crippen molar-refractivity contribution in [3.8, 4) is 11.3 Å². The third kappa shape index (κ3) is 4.89. The Labute approximate surface area is 219 Å². The van der Waals surface area contributed by atoms with E-state index in [0.29, 0.717) is 11.0 Å². The SMILES string of the molecule is Cc1c(F)cc(-c2cc(C(F)(F)F)c3c(N)ncnn23)cc1C(=O)N[C@@H]1CN(C(=O)C(C)(O)C(F)(F)F)C[C@@H]1F. The molecule has 1 aliphatic rings. The number of hydrogen-bond donors (Lipinski definition) is 3. The Kier molecular flexibility index (Phi) is 6.93. The van der Waals surface area contributed by atoms with Gasteiger partial charge in [-0.05, 0) is 37.6 Å². The van der Waals surface area contributed by atoms with Crippen LogP contribution in [-0.4, -0.2) is 73.5 Å². The highest BCUT2D eigenvalue weighted by Crippen LogP contribution is 2.39. The van der Waals surface area contributed by atoms with Crippen molar-refractivity contribution in [2.75, 3.05) is 18.8 Å². The van der Waals surface area contributed by atoms with Crippen LogP contribution in [0.5, 0.6) is 0 Å². The van der Waals surface area contributed by atoms with E-state index in [-0.39, 0.29) is 23.7 Å². The number of carbonyl (C=O) groups excluding carboxylic acids is 2. The summed E-state index contributed by atoms with van der Waals surface area (Å²) in [7, 11) is 0. The quantitative estimate of drug-likeness (QED) is 0.408. The molecule has 4 N–H and O–H groups in total. The maximum atomic E-state index is 14.9. The Bertz CT molecular complexity index is 1500. The summed E-state index contributed by atoms with van der Waals surface area (Å²) in [5, 5.41) is 15.5. The van der Waals surface area contributed by atoms with Gasteiger partial charge in [0.1, 0.15) is 23.8 Å². The zero-order chi connectivity index (χ0) is 29.9. The Morgan fingerprint density at radius 3 is 2.38 bits per heavy atom. The third-order valence-corrected chi connectivity index (χ3v) is 6.59. The lowest BCUT2D eigenvalue weighted by atomic mass is 10.0. The number of alkyl halides is 7. The molecule has 0 saturated carbocycles. The number of halogens is 8. The fourth-order valence-corrected chi connectivity index (χ4v) is 4.29. The minimum absolute atomic E-state index is 0.208. The predicted molar refractivity (Wildman–Crippen MR) is 122 cm³/mol. The molecule has 1 unspecified atom stereocenters. The molecule has 2 amide bonds. The maximum absolute atomic E-state index is 14.9. The molecule has 1 aliphatic heterocycles. The van der Waals surface area contributed by atoms with E-state index in [1.54, 1.807) is 0 Å². The van der Waals surface area contributed by atoms with Crippen LogP contribution < -0.4 is 11.1 Å². The van der Waals surface area contributed by atoms with Crippen molar-refractivity contribution in [3.63, 3.8) is 0 Å². The summed E-state index contributed by atoms with van der Waals surface area (Å²) in [4.78, 5) is 29.1. The smallest absolute Gasteiger partial charge is 0.382 e. The van der Waals surface area contributed by atoms with Gasteiger partial charge in [0.15, 0.2) is 5.82 Å². The Hall–Kier alpha value is -4.02. The van der Waals surface area contributed by atoms with Crippen LogP contribution in [0.1, 0.15) is 28.4 Å². The zero-order valence-electron chi connectivity index (χ0n) is 20.5. The maximum Gasteiger partial charge on any atom is 0.426 e. The van der Waals surface area contributed by atoms with Gasteiger partial charge in [0.05, 0.1) is 23.8 Å². The van der Waals surface area contributed by atoms with Crippen LogP contribution in [0.2, 0.25) is 0 Å². The van der Waals surface area contributed by atoms with Crippen LogP contribution >= 0.6 is 0 Å². The third-order valence-electron chi connectivity index (χ3n) is 6.59. The van der Waals surface area contributed by atoms with Crippen LogP contribution in [0, 0.1) is 12.7 Å². The van der Waals surface area contributed by atoms with Crippen LogP contribution in [0.25, 0.3) is 16.8 Å². The second-order valence-corrected chi connectivity index (χ2v) is 9.35. The Morgan fingerprint density at radius 2 is 1.77 bits per heavy atom. The average Bonchev–Trinajstić information content (AvgIpc) is 3.41. The van der Waals surface area contributed by atoms with Crippen LogP contribution in [0.15, 0.2) is 24.5 Å². The standard InChI is InChI=1S/C23H20F8N6O3/c1-9-11(19(38)35-15-7-36(6-14(15)25)20(39)21(2,40)23(29,30)31)3-10(4-13(9)24)16-5-12(22(26,27)28)17-18(32)33-8-34-37(16)17/h3-5,8,14-15,40H,6-7H2,1-2H3,(H,35,38)(H2,32,33,34)/t14-,15+,21?/m0/s1. The highest BCUT2D eigenvalue weighted by molar-refractivity contribution is 5.97. The van der Waals surface area contributed by atoms with Crippen molar-refractivity contribution < 1.29 is 49.8 Å². The van der Waals surface area contributed by atoms with Gasteiger partial charge in [-0.1, -0.05) is 0 Å². The predicted octanol–water partition coefficient (Wildman–Crippen LogP) is 3.04. The van der Waals surface area contributed by atoms with E-state index in [4.69, 9.17) is 5.73 Å². The summed E-state index contributed by atoms with van der Waals surface area (Å²) in [5.74, 6) is -4.48. The number of nitrogens with two attached hydrogens (primary N) is 1. The molecule has 1 fully saturated rings. The molecule has 0 radical (unpaired) electrons. The number of aromatic nitrogens is 3. The summed E-state index contributed by atoms with van der Waals surface area (Å²) in [6.07, 6.45) is -11.4. The van der Waals surface area contributed by atoms with Gasteiger partial charge < -0.3 is 21.1 Å². The number of amides is 2. The van der Waals surface area contributed by atoms with Crippen LogP contribution in [0.4, 0.5) is 40.9 Å². The second kappa shape index (κ2) is 9.57. The summed E-state index contributed by atoms with van der Waals surface area (Å²) < 4.78 is 110. The van der Waals surface area contributed by atoms with Gasteiger partial charge in [0.25, 0.3) is 11.8 Å². The van der Waals surface area contributed by atoms with Gasteiger partial charge in [-0.2, -0.15) is 31.4 Å². The molecule has 40 heavy (non-hydrogen) atoms. The highest BCUT2D eigenvalue weighted by Gasteiger charge is 2.58. The average molecular weight is 580 g/mol. The molecule has 0 spiro atoms. The molecular weight excluding hydrogens is 560 g/mol. The van der Waals surface area contributed by atoms with E-state index in [1.165, 1.54) is 6.92 Å². The number of carbonyl (C=O) groups is 2. The normalized spacial score (nSPS) is 19.6. The molecule has 3 aromatic rings. The fourth-order valence-electron chi connectivity index (χ4n) is 4.29. The topological polar surface area (TPSA) is 126 Å². The molecule has 3 heterocycles. The summed E-state index contributed by atoms with van der Waals surface area (Å²) in [6.45, 7) is -0.238. The molecule has 9 nitrogen and oxygen atoms in total. The highest BCUT2D eigenvalue weighted by atomic mass is 19.4. The van der Waals surface area contributed by atoms with Crippen LogP contribution in [-0.2, 0) is 11.0 Å². The number of fused-ring (bicyclic) bond motifs is 1. The minimum Gasteiger partial charge on any atom is -0.382 e. The van der Waals surface area contributed by atoms with Crippen molar-refractivity contribution in [2.45, 2.75) is 44.0 Å². The minimum atomic E-state index is -5.35. The van der Waals surface area contributed by atoms with Gasteiger partial charge in [-0.3, -0.25) is 9.59 Å².